The minimum atomic E-state index is -0.537. The van der Waals surface area contributed by atoms with Gasteiger partial charge in [0.05, 0.1) is 5.60 Å². The summed E-state index contributed by atoms with van der Waals surface area (Å²) in [5, 5.41) is 15.5. The molecule has 0 aromatic carbocycles. The van der Waals surface area contributed by atoms with Crippen LogP contribution in [0.4, 0.5) is 0 Å². The first-order valence-electron chi connectivity index (χ1n) is 12.4. The maximum Gasteiger partial charge on any atom is 0.139 e. The Kier molecular flexibility index (Phi) is 4.83. The second kappa shape index (κ2) is 6.92. The molecule has 0 spiro atoms. The van der Waals surface area contributed by atoms with E-state index >= 15 is 0 Å². The lowest BCUT2D eigenvalue weighted by atomic mass is 9.41. The third-order valence-electron chi connectivity index (χ3n) is 10.6. The van der Waals surface area contributed by atoms with Gasteiger partial charge in [-0.3, -0.25) is 4.79 Å². The molecule has 3 nitrogen and oxygen atoms in total. The van der Waals surface area contributed by atoms with Crippen molar-refractivity contribution in [2.45, 2.75) is 84.2 Å². The predicted octanol–water partition coefficient (Wildman–Crippen LogP) is 4.74. The summed E-state index contributed by atoms with van der Waals surface area (Å²) in [5.74, 6) is 4.02. The van der Waals surface area contributed by atoms with Gasteiger partial charge in [0, 0.05) is 18.4 Å². The summed E-state index contributed by atoms with van der Waals surface area (Å²) in [5.41, 5.74) is -0.585. The molecule has 162 valence electrons. The van der Waals surface area contributed by atoms with Gasteiger partial charge in [-0.1, -0.05) is 32.9 Å². The fraction of sp³-hybridized carbons (Fsp3) is 0.885. The van der Waals surface area contributed by atoms with Gasteiger partial charge in [-0.05, 0) is 98.8 Å². The highest BCUT2D eigenvalue weighted by molar-refractivity contribution is 5.87. The summed E-state index contributed by atoms with van der Waals surface area (Å²) in [4.78, 5) is 12.7. The molecule has 0 bridgehead atoms. The number of ketones is 1. The van der Waals surface area contributed by atoms with E-state index in [1.165, 1.54) is 12.8 Å². The van der Waals surface area contributed by atoms with Crippen molar-refractivity contribution in [3.8, 4) is 0 Å². The highest BCUT2D eigenvalue weighted by Gasteiger charge is 2.66. The van der Waals surface area contributed by atoms with Gasteiger partial charge >= 0.3 is 0 Å². The van der Waals surface area contributed by atoms with Gasteiger partial charge in [0.2, 0.25) is 0 Å². The van der Waals surface area contributed by atoms with Gasteiger partial charge in [-0.15, -0.1) is 0 Å². The fourth-order valence-corrected chi connectivity index (χ4v) is 8.83. The molecule has 5 rings (SSSR count). The standard InChI is InChI=1S/C26H41NO2/c1-17-14-26(29)15-18(4-5-19-10-13-27-16-19)8-12-25(26,3)21-9-11-24(2)20(23(17)21)6-7-22(24)28/h4-5,17-21,23,27,29H,6-16H2,1-3H3/b5-4-/t17-,18-,19-,20+,21+,23+,24+,25-,26-/m1/s1. The van der Waals surface area contributed by atoms with Gasteiger partial charge in [-0.25, -0.2) is 0 Å². The number of fused-ring (bicyclic) bond motifs is 5. The van der Waals surface area contributed by atoms with Crippen LogP contribution in [0.5, 0.6) is 0 Å². The molecule has 2 N–H and O–H groups in total. The molecule has 1 aliphatic heterocycles. The van der Waals surface area contributed by atoms with Gasteiger partial charge < -0.3 is 10.4 Å². The first kappa shape index (κ1) is 20.2. The Morgan fingerprint density at radius 1 is 1.00 bits per heavy atom. The predicted molar refractivity (Wildman–Crippen MR) is 116 cm³/mol. The van der Waals surface area contributed by atoms with E-state index in [4.69, 9.17) is 0 Å². The molecule has 3 heteroatoms. The fourth-order valence-electron chi connectivity index (χ4n) is 8.83. The Bertz CT molecular complexity index is 697. The Morgan fingerprint density at radius 3 is 2.55 bits per heavy atom. The minimum Gasteiger partial charge on any atom is -0.389 e. The molecule has 1 saturated heterocycles. The number of hydrogen-bond acceptors (Lipinski definition) is 3. The lowest BCUT2D eigenvalue weighted by Gasteiger charge is -2.65. The molecule has 9 atom stereocenters. The van der Waals surface area contributed by atoms with Crippen LogP contribution >= 0.6 is 0 Å². The normalized spacial score (nSPS) is 55.0. The van der Waals surface area contributed by atoms with Crippen molar-refractivity contribution in [3.63, 3.8) is 0 Å². The zero-order valence-electron chi connectivity index (χ0n) is 18.8. The molecule has 4 aliphatic carbocycles. The number of aliphatic hydroxyl groups is 1. The van der Waals surface area contributed by atoms with E-state index in [1.54, 1.807) is 0 Å². The van der Waals surface area contributed by atoms with Crippen LogP contribution in [0.25, 0.3) is 0 Å². The monoisotopic (exact) mass is 399 g/mol. The van der Waals surface area contributed by atoms with Crippen molar-refractivity contribution in [1.29, 1.82) is 0 Å². The molecule has 0 aromatic rings. The first-order valence-corrected chi connectivity index (χ1v) is 12.4. The Balaban J connectivity index is 1.38. The second-order valence-corrected chi connectivity index (χ2v) is 12.0. The summed E-state index contributed by atoms with van der Waals surface area (Å²) in [6.45, 7) is 9.32. The number of carbonyl (C=O) groups is 1. The third-order valence-corrected chi connectivity index (χ3v) is 10.6. The van der Waals surface area contributed by atoms with Crippen molar-refractivity contribution in [2.75, 3.05) is 13.1 Å². The zero-order valence-corrected chi connectivity index (χ0v) is 18.8. The maximum atomic E-state index is 12.7. The lowest BCUT2D eigenvalue weighted by molar-refractivity contribution is -0.223. The van der Waals surface area contributed by atoms with Crippen molar-refractivity contribution >= 4 is 5.78 Å². The molecular formula is C26H41NO2. The van der Waals surface area contributed by atoms with Crippen molar-refractivity contribution in [3.05, 3.63) is 12.2 Å². The molecule has 29 heavy (non-hydrogen) atoms. The molecule has 0 amide bonds. The Hall–Kier alpha value is -0.670. The number of nitrogens with one attached hydrogen (secondary N) is 1. The maximum absolute atomic E-state index is 12.7. The highest BCUT2D eigenvalue weighted by Crippen LogP contribution is 2.68. The van der Waals surface area contributed by atoms with Crippen LogP contribution in [0.2, 0.25) is 0 Å². The quantitative estimate of drug-likeness (QED) is 0.659. The van der Waals surface area contributed by atoms with Gasteiger partial charge in [0.25, 0.3) is 0 Å². The molecule has 5 fully saturated rings. The van der Waals surface area contributed by atoms with Crippen LogP contribution in [0, 0.1) is 46.3 Å². The second-order valence-electron chi connectivity index (χ2n) is 12.0. The lowest BCUT2D eigenvalue weighted by Crippen LogP contribution is -2.64. The van der Waals surface area contributed by atoms with Gasteiger partial charge in [-0.2, -0.15) is 0 Å². The minimum absolute atomic E-state index is 0.0242. The average Bonchev–Trinajstić information content (AvgIpc) is 3.30. The van der Waals surface area contributed by atoms with E-state index in [2.05, 4.69) is 38.2 Å². The van der Waals surface area contributed by atoms with E-state index in [0.717, 1.165) is 58.0 Å². The summed E-state index contributed by atoms with van der Waals surface area (Å²) < 4.78 is 0. The Labute approximate surface area is 177 Å². The molecule has 0 unspecified atom stereocenters. The van der Waals surface area contributed by atoms with Crippen LogP contribution in [0.1, 0.15) is 78.6 Å². The van der Waals surface area contributed by atoms with Crippen LogP contribution in [0.15, 0.2) is 12.2 Å². The zero-order chi connectivity index (χ0) is 20.4. The summed E-state index contributed by atoms with van der Waals surface area (Å²) >= 11 is 0. The molecule has 4 saturated carbocycles. The summed E-state index contributed by atoms with van der Waals surface area (Å²) in [6.07, 6.45) is 14.4. The number of carbonyl (C=O) groups excluding carboxylic acids is 1. The van der Waals surface area contributed by atoms with Crippen LogP contribution in [-0.4, -0.2) is 29.6 Å². The van der Waals surface area contributed by atoms with E-state index in [-0.39, 0.29) is 10.8 Å². The number of rotatable bonds is 2. The van der Waals surface area contributed by atoms with E-state index in [0.29, 0.717) is 41.3 Å². The SMILES string of the molecule is C[C@@H]1C[C@@]2(O)C[C@H](/C=C\[C@@H]3CCNC3)CC[C@]2(C)[C@H]2CC[C@]3(C)C(=O)CC[C@H]3[C@H]12. The largest absolute Gasteiger partial charge is 0.389 e. The molecular weight excluding hydrogens is 358 g/mol. The molecule has 5 aliphatic rings. The van der Waals surface area contributed by atoms with Crippen molar-refractivity contribution in [1.82, 2.24) is 5.32 Å². The third kappa shape index (κ3) is 2.93. The summed E-state index contributed by atoms with van der Waals surface area (Å²) in [7, 11) is 0. The van der Waals surface area contributed by atoms with Gasteiger partial charge in [0.1, 0.15) is 5.78 Å². The highest BCUT2D eigenvalue weighted by atomic mass is 16.3. The molecule has 0 aromatic heterocycles. The summed E-state index contributed by atoms with van der Waals surface area (Å²) in [6, 6.07) is 0. The van der Waals surface area contributed by atoms with E-state index in [1.807, 2.05) is 0 Å². The Morgan fingerprint density at radius 2 is 1.79 bits per heavy atom. The van der Waals surface area contributed by atoms with Gasteiger partial charge in [0.15, 0.2) is 0 Å². The number of allylic oxidation sites excluding steroid dienone is 1. The van der Waals surface area contributed by atoms with Crippen molar-refractivity contribution < 1.29 is 9.90 Å². The van der Waals surface area contributed by atoms with Crippen LogP contribution in [-0.2, 0) is 4.79 Å². The smallest absolute Gasteiger partial charge is 0.139 e. The topological polar surface area (TPSA) is 49.3 Å². The molecule has 0 radical (unpaired) electrons. The number of Topliss-reactive ketones (excluding diaryl/α,β-unsaturated/α-hetero) is 1. The first-order chi connectivity index (χ1) is 13.8. The van der Waals surface area contributed by atoms with Crippen molar-refractivity contribution in [2.24, 2.45) is 46.3 Å². The van der Waals surface area contributed by atoms with E-state index < -0.39 is 5.60 Å². The van der Waals surface area contributed by atoms with Crippen LogP contribution in [0.3, 0.4) is 0 Å². The average molecular weight is 400 g/mol. The van der Waals surface area contributed by atoms with Crippen LogP contribution < -0.4 is 5.32 Å². The molecule has 1 heterocycles. The number of hydrogen-bond donors (Lipinski definition) is 2. The van der Waals surface area contributed by atoms with E-state index in [9.17, 15) is 9.90 Å².